The van der Waals surface area contributed by atoms with Crippen molar-refractivity contribution in [2.75, 3.05) is 13.1 Å². The molecule has 1 aliphatic rings. The zero-order valence-corrected chi connectivity index (χ0v) is 17.8. The number of nitrogens with zero attached hydrogens (tertiary/aromatic N) is 4. The topological polar surface area (TPSA) is 34.0 Å². The van der Waals surface area contributed by atoms with E-state index in [1.54, 1.807) is 11.8 Å². The van der Waals surface area contributed by atoms with Gasteiger partial charge in [-0.25, -0.2) is 0 Å². The minimum atomic E-state index is 0.662. The fourth-order valence-corrected chi connectivity index (χ4v) is 5.11. The average molecular weight is 433 g/mol. The molecule has 1 fully saturated rings. The quantitative estimate of drug-likeness (QED) is 0.460. The lowest BCUT2D eigenvalue weighted by molar-refractivity contribution is 0.316. The molecule has 2 aromatic carbocycles. The first-order chi connectivity index (χ1) is 13.7. The van der Waals surface area contributed by atoms with Crippen molar-refractivity contribution in [1.29, 1.82) is 0 Å². The molecule has 0 unspecified atom stereocenters. The number of thioether (sulfide) groups is 1. The SMILES string of the molecule is Clc1cccc(Cl)c1CSc1nnc(CN2CCCC2)n1Cc1ccccc1. The lowest BCUT2D eigenvalue weighted by Gasteiger charge is -2.16. The maximum Gasteiger partial charge on any atom is 0.191 e. The zero-order chi connectivity index (χ0) is 19.3. The predicted molar refractivity (Wildman–Crippen MR) is 116 cm³/mol. The van der Waals surface area contributed by atoms with Crippen molar-refractivity contribution in [3.63, 3.8) is 0 Å². The second kappa shape index (κ2) is 9.31. The number of aromatic nitrogens is 3. The van der Waals surface area contributed by atoms with Crippen LogP contribution in [0.15, 0.2) is 53.7 Å². The third-order valence-electron chi connectivity index (χ3n) is 4.95. The predicted octanol–water partition coefficient (Wildman–Crippen LogP) is 5.52. The van der Waals surface area contributed by atoms with Crippen LogP contribution in [0, 0.1) is 0 Å². The first-order valence-corrected chi connectivity index (χ1v) is 11.2. The van der Waals surface area contributed by atoms with Crippen molar-refractivity contribution in [2.45, 2.75) is 36.8 Å². The molecular formula is C21H22Cl2N4S. The lowest BCUT2D eigenvalue weighted by atomic mass is 10.2. The van der Waals surface area contributed by atoms with E-state index in [0.717, 1.165) is 42.7 Å². The van der Waals surface area contributed by atoms with Gasteiger partial charge in [0.05, 0.1) is 13.1 Å². The van der Waals surface area contributed by atoms with E-state index in [9.17, 15) is 0 Å². The second-order valence-electron chi connectivity index (χ2n) is 6.94. The van der Waals surface area contributed by atoms with Crippen molar-refractivity contribution >= 4 is 35.0 Å². The van der Waals surface area contributed by atoms with E-state index < -0.39 is 0 Å². The van der Waals surface area contributed by atoms with E-state index in [1.807, 2.05) is 24.3 Å². The molecule has 146 valence electrons. The summed E-state index contributed by atoms with van der Waals surface area (Å²) in [5.74, 6) is 1.67. The van der Waals surface area contributed by atoms with Crippen molar-refractivity contribution in [2.24, 2.45) is 0 Å². The number of benzene rings is 2. The maximum absolute atomic E-state index is 6.34. The van der Waals surface area contributed by atoms with Crippen LogP contribution in [0.2, 0.25) is 10.0 Å². The Morgan fingerprint density at radius 3 is 2.29 bits per heavy atom. The number of hydrogen-bond donors (Lipinski definition) is 0. The van der Waals surface area contributed by atoms with Gasteiger partial charge < -0.3 is 4.57 Å². The third kappa shape index (κ3) is 4.71. The highest BCUT2D eigenvalue weighted by molar-refractivity contribution is 7.98. The number of rotatable bonds is 7. The van der Waals surface area contributed by atoms with Crippen molar-refractivity contribution < 1.29 is 0 Å². The smallest absolute Gasteiger partial charge is 0.191 e. The molecule has 1 aliphatic heterocycles. The molecule has 0 bridgehead atoms. The summed E-state index contributed by atoms with van der Waals surface area (Å²) in [7, 11) is 0. The minimum absolute atomic E-state index is 0.662. The number of halogens is 2. The summed E-state index contributed by atoms with van der Waals surface area (Å²) >= 11 is 14.3. The number of likely N-dealkylation sites (tertiary alicyclic amines) is 1. The van der Waals surface area contributed by atoms with Gasteiger partial charge in [0.2, 0.25) is 0 Å². The normalized spacial score (nSPS) is 14.6. The first kappa shape index (κ1) is 19.8. The summed E-state index contributed by atoms with van der Waals surface area (Å²) in [6.45, 7) is 3.87. The molecule has 0 aliphatic carbocycles. The van der Waals surface area contributed by atoms with E-state index >= 15 is 0 Å². The molecule has 3 aromatic rings. The Balaban J connectivity index is 1.57. The zero-order valence-electron chi connectivity index (χ0n) is 15.5. The van der Waals surface area contributed by atoms with Gasteiger partial charge in [0.25, 0.3) is 0 Å². The van der Waals surface area contributed by atoms with E-state index in [2.05, 4.69) is 43.9 Å². The highest BCUT2D eigenvalue weighted by Crippen LogP contribution is 2.31. The minimum Gasteiger partial charge on any atom is -0.300 e. The molecule has 2 heterocycles. The van der Waals surface area contributed by atoms with Crippen LogP contribution in [0.4, 0.5) is 0 Å². The standard InChI is InChI=1S/C21H22Cl2N4S/c22-18-9-6-10-19(23)17(18)15-28-21-25-24-20(14-26-11-4-5-12-26)27(21)13-16-7-2-1-3-8-16/h1-3,6-10H,4-5,11-15H2. The molecule has 1 saturated heterocycles. The average Bonchev–Trinajstić information content (AvgIpc) is 3.34. The molecule has 1 aromatic heterocycles. The monoisotopic (exact) mass is 432 g/mol. The Hall–Kier alpha value is -1.53. The molecule has 0 radical (unpaired) electrons. The largest absolute Gasteiger partial charge is 0.300 e. The van der Waals surface area contributed by atoms with Crippen LogP contribution >= 0.6 is 35.0 Å². The van der Waals surface area contributed by atoms with Crippen LogP contribution in [-0.2, 0) is 18.8 Å². The van der Waals surface area contributed by atoms with Gasteiger partial charge in [-0.3, -0.25) is 4.90 Å². The fourth-order valence-electron chi connectivity index (χ4n) is 3.42. The third-order valence-corrected chi connectivity index (χ3v) is 6.65. The molecule has 0 N–H and O–H groups in total. The van der Waals surface area contributed by atoms with Crippen molar-refractivity contribution in [1.82, 2.24) is 19.7 Å². The van der Waals surface area contributed by atoms with Crippen LogP contribution in [0.3, 0.4) is 0 Å². The Kier molecular flexibility index (Phi) is 6.58. The molecule has 0 spiro atoms. The van der Waals surface area contributed by atoms with Crippen LogP contribution in [0.5, 0.6) is 0 Å². The van der Waals surface area contributed by atoms with Gasteiger partial charge in [0.1, 0.15) is 5.82 Å². The lowest BCUT2D eigenvalue weighted by Crippen LogP contribution is -2.21. The van der Waals surface area contributed by atoms with Crippen LogP contribution < -0.4 is 0 Å². The van der Waals surface area contributed by atoms with Crippen LogP contribution in [0.25, 0.3) is 0 Å². The molecule has 0 atom stereocenters. The summed E-state index contributed by atoms with van der Waals surface area (Å²) in [6.07, 6.45) is 2.53. The summed E-state index contributed by atoms with van der Waals surface area (Å²) in [5.41, 5.74) is 2.17. The van der Waals surface area contributed by atoms with Crippen molar-refractivity contribution in [3.05, 3.63) is 75.5 Å². The fraction of sp³-hybridized carbons (Fsp3) is 0.333. The van der Waals surface area contributed by atoms with Gasteiger partial charge in [-0.15, -0.1) is 10.2 Å². The molecule has 4 rings (SSSR count). The van der Waals surface area contributed by atoms with Crippen LogP contribution in [-0.4, -0.2) is 32.8 Å². The Labute approximate surface area is 179 Å². The van der Waals surface area contributed by atoms with E-state index in [0.29, 0.717) is 15.8 Å². The van der Waals surface area contributed by atoms with Gasteiger partial charge in [-0.05, 0) is 49.2 Å². The summed E-state index contributed by atoms with van der Waals surface area (Å²) in [6, 6.07) is 16.1. The molecule has 4 nitrogen and oxygen atoms in total. The van der Waals surface area contributed by atoms with Gasteiger partial charge in [0.15, 0.2) is 5.16 Å². The van der Waals surface area contributed by atoms with E-state index in [1.165, 1.54) is 18.4 Å². The molecule has 0 amide bonds. The Morgan fingerprint density at radius 1 is 0.857 bits per heavy atom. The first-order valence-electron chi connectivity index (χ1n) is 9.45. The van der Waals surface area contributed by atoms with Crippen molar-refractivity contribution in [3.8, 4) is 0 Å². The highest BCUT2D eigenvalue weighted by Gasteiger charge is 2.19. The van der Waals surface area contributed by atoms with E-state index in [-0.39, 0.29) is 0 Å². The molecule has 7 heteroatoms. The summed E-state index contributed by atoms with van der Waals surface area (Å²) in [5, 5.41) is 11.3. The summed E-state index contributed by atoms with van der Waals surface area (Å²) in [4.78, 5) is 2.45. The van der Waals surface area contributed by atoms with E-state index in [4.69, 9.17) is 23.2 Å². The molecule has 28 heavy (non-hydrogen) atoms. The molecule has 0 saturated carbocycles. The van der Waals surface area contributed by atoms with Gasteiger partial charge in [-0.2, -0.15) is 0 Å². The van der Waals surface area contributed by atoms with Crippen LogP contribution in [0.1, 0.15) is 29.8 Å². The Morgan fingerprint density at radius 2 is 1.57 bits per heavy atom. The molecular weight excluding hydrogens is 411 g/mol. The highest BCUT2D eigenvalue weighted by atomic mass is 35.5. The number of hydrogen-bond acceptors (Lipinski definition) is 4. The van der Waals surface area contributed by atoms with Gasteiger partial charge in [0, 0.05) is 15.8 Å². The maximum atomic E-state index is 6.34. The second-order valence-corrected chi connectivity index (χ2v) is 8.70. The Bertz CT molecular complexity index is 903. The van der Waals surface area contributed by atoms with Gasteiger partial charge in [-0.1, -0.05) is 71.4 Å². The van der Waals surface area contributed by atoms with Gasteiger partial charge >= 0.3 is 0 Å². The summed E-state index contributed by atoms with van der Waals surface area (Å²) < 4.78 is 2.23.